The molecule has 0 unspecified atom stereocenters. The molecule has 3 rings (SSSR count). The number of aryl methyl sites for hydroxylation is 2. The minimum absolute atomic E-state index is 0.138. The maximum absolute atomic E-state index is 12.0. The van der Waals surface area contributed by atoms with E-state index in [0.29, 0.717) is 12.2 Å². The van der Waals surface area contributed by atoms with Crippen LogP contribution in [0.5, 0.6) is 0 Å². The van der Waals surface area contributed by atoms with Crippen molar-refractivity contribution in [2.75, 3.05) is 5.73 Å². The van der Waals surface area contributed by atoms with Crippen LogP contribution in [0.4, 0.5) is 5.69 Å². The fourth-order valence-corrected chi connectivity index (χ4v) is 2.30. The predicted octanol–water partition coefficient (Wildman–Crippen LogP) is 1.30. The summed E-state index contributed by atoms with van der Waals surface area (Å²) in [4.78, 5) is 14.9. The highest BCUT2D eigenvalue weighted by Crippen LogP contribution is 2.17. The molecule has 0 radical (unpaired) electrons. The largest absolute Gasteiger partial charge is 0.399 e. The maximum atomic E-state index is 12.0. The van der Waals surface area contributed by atoms with Crippen molar-refractivity contribution in [3.63, 3.8) is 0 Å². The molecule has 0 saturated carbocycles. The van der Waals surface area contributed by atoms with E-state index in [1.807, 2.05) is 19.9 Å². The van der Waals surface area contributed by atoms with Crippen LogP contribution in [0, 0.1) is 13.8 Å². The molecule has 3 aromatic rings. The first-order valence-electron chi connectivity index (χ1n) is 6.05. The van der Waals surface area contributed by atoms with Gasteiger partial charge >= 0.3 is 5.69 Å². The van der Waals surface area contributed by atoms with Crippen molar-refractivity contribution in [2.24, 2.45) is 0 Å². The Hall–Kier alpha value is -2.50. The van der Waals surface area contributed by atoms with Crippen molar-refractivity contribution in [2.45, 2.75) is 20.4 Å². The van der Waals surface area contributed by atoms with Crippen LogP contribution < -0.4 is 11.4 Å². The van der Waals surface area contributed by atoms with Crippen LogP contribution in [0.3, 0.4) is 0 Å². The summed E-state index contributed by atoms with van der Waals surface area (Å²) in [5.41, 5.74) is 10.8. The summed E-state index contributed by atoms with van der Waals surface area (Å²) in [6.07, 6.45) is 0. The second-order valence-electron chi connectivity index (χ2n) is 4.71. The zero-order valence-corrected chi connectivity index (χ0v) is 10.8. The lowest BCUT2D eigenvalue weighted by Crippen LogP contribution is -2.17. The molecule has 0 aliphatic heterocycles. The molecule has 4 N–H and O–H groups in total. The normalized spacial score (nSPS) is 11.3. The van der Waals surface area contributed by atoms with Crippen LogP contribution in [0.15, 0.2) is 23.0 Å². The molecule has 0 bridgehead atoms. The number of rotatable bonds is 2. The molecular formula is C13H15N5O. The molecule has 19 heavy (non-hydrogen) atoms. The Balaban J connectivity index is 2.16. The number of hydrogen-bond acceptors (Lipinski definition) is 3. The van der Waals surface area contributed by atoms with E-state index in [9.17, 15) is 4.79 Å². The lowest BCUT2D eigenvalue weighted by atomic mass is 10.2. The smallest absolute Gasteiger partial charge is 0.326 e. The van der Waals surface area contributed by atoms with Crippen LogP contribution in [0.2, 0.25) is 0 Å². The Morgan fingerprint density at radius 3 is 2.84 bits per heavy atom. The van der Waals surface area contributed by atoms with Gasteiger partial charge in [-0.1, -0.05) is 0 Å². The summed E-state index contributed by atoms with van der Waals surface area (Å²) in [5, 5.41) is 7.08. The minimum atomic E-state index is -0.138. The average Bonchev–Trinajstić information content (AvgIpc) is 2.83. The number of nitrogens with zero attached hydrogens (tertiary/aromatic N) is 2. The molecule has 0 spiro atoms. The zero-order chi connectivity index (χ0) is 13.6. The number of aromatic nitrogens is 4. The summed E-state index contributed by atoms with van der Waals surface area (Å²) in [6, 6.07) is 5.41. The first kappa shape index (κ1) is 11.6. The maximum Gasteiger partial charge on any atom is 0.326 e. The van der Waals surface area contributed by atoms with Crippen LogP contribution in [-0.4, -0.2) is 19.7 Å². The van der Waals surface area contributed by atoms with Gasteiger partial charge in [-0.3, -0.25) is 9.67 Å². The highest BCUT2D eigenvalue weighted by atomic mass is 16.1. The van der Waals surface area contributed by atoms with Gasteiger partial charge in [0.1, 0.15) is 0 Å². The minimum Gasteiger partial charge on any atom is -0.399 e. The Kier molecular flexibility index (Phi) is 2.45. The van der Waals surface area contributed by atoms with Crippen molar-refractivity contribution < 1.29 is 0 Å². The third-order valence-electron chi connectivity index (χ3n) is 3.40. The molecule has 6 nitrogen and oxygen atoms in total. The molecule has 2 aromatic heterocycles. The number of aromatic amines is 2. The highest BCUT2D eigenvalue weighted by molar-refractivity contribution is 5.79. The van der Waals surface area contributed by atoms with Crippen molar-refractivity contribution in [1.82, 2.24) is 19.7 Å². The number of anilines is 1. The van der Waals surface area contributed by atoms with E-state index in [1.54, 1.807) is 16.7 Å². The van der Waals surface area contributed by atoms with E-state index in [0.717, 1.165) is 28.0 Å². The van der Waals surface area contributed by atoms with Gasteiger partial charge < -0.3 is 10.7 Å². The van der Waals surface area contributed by atoms with Gasteiger partial charge in [0.05, 0.1) is 23.3 Å². The number of benzene rings is 1. The molecule has 0 amide bonds. The quantitative estimate of drug-likeness (QED) is 0.604. The molecule has 98 valence electrons. The number of H-pyrrole nitrogens is 2. The lowest BCUT2D eigenvalue weighted by molar-refractivity contribution is 0.778. The standard InChI is InChI=1S/C13H15N5O/c1-7-10(8(2)17-16-7)6-18-12-4-3-9(14)5-11(12)15-13(18)19/h3-5H,6,14H2,1-2H3,(H,15,19)(H,16,17). The van der Waals surface area contributed by atoms with Crippen molar-refractivity contribution >= 4 is 16.7 Å². The number of hydrogen-bond donors (Lipinski definition) is 3. The number of fused-ring (bicyclic) bond motifs is 1. The SMILES string of the molecule is Cc1n[nH]c(C)c1Cn1c(=O)[nH]c2cc(N)ccc21. The summed E-state index contributed by atoms with van der Waals surface area (Å²) in [6.45, 7) is 4.38. The monoisotopic (exact) mass is 257 g/mol. The average molecular weight is 257 g/mol. The van der Waals surface area contributed by atoms with Crippen LogP contribution in [-0.2, 0) is 6.54 Å². The Labute approximate surface area is 109 Å². The summed E-state index contributed by atoms with van der Waals surface area (Å²) < 4.78 is 1.69. The molecule has 6 heteroatoms. The van der Waals surface area contributed by atoms with E-state index < -0.39 is 0 Å². The van der Waals surface area contributed by atoms with Gasteiger partial charge in [0.25, 0.3) is 0 Å². The second kappa shape index (κ2) is 4.01. The molecule has 0 saturated heterocycles. The van der Waals surface area contributed by atoms with E-state index >= 15 is 0 Å². The molecule has 1 aromatic carbocycles. The lowest BCUT2D eigenvalue weighted by Gasteiger charge is -2.04. The van der Waals surface area contributed by atoms with Crippen molar-refractivity contribution in [3.05, 3.63) is 45.6 Å². The Morgan fingerprint density at radius 2 is 2.16 bits per heavy atom. The van der Waals surface area contributed by atoms with Crippen molar-refractivity contribution in [1.29, 1.82) is 0 Å². The van der Waals surface area contributed by atoms with E-state index in [-0.39, 0.29) is 5.69 Å². The van der Waals surface area contributed by atoms with Gasteiger partial charge in [-0.15, -0.1) is 0 Å². The van der Waals surface area contributed by atoms with Crippen LogP contribution >= 0.6 is 0 Å². The zero-order valence-electron chi connectivity index (χ0n) is 10.8. The van der Waals surface area contributed by atoms with E-state index in [4.69, 9.17) is 5.73 Å². The predicted molar refractivity (Wildman–Crippen MR) is 74.1 cm³/mol. The number of nitrogen functional groups attached to an aromatic ring is 1. The Morgan fingerprint density at radius 1 is 1.37 bits per heavy atom. The van der Waals surface area contributed by atoms with Gasteiger partial charge in [0.2, 0.25) is 0 Å². The number of nitrogens with one attached hydrogen (secondary N) is 2. The van der Waals surface area contributed by atoms with E-state index in [1.165, 1.54) is 0 Å². The van der Waals surface area contributed by atoms with Crippen molar-refractivity contribution in [3.8, 4) is 0 Å². The molecule has 0 atom stereocenters. The molecule has 2 heterocycles. The van der Waals surface area contributed by atoms with Gasteiger partial charge in [-0.05, 0) is 32.0 Å². The first-order valence-corrected chi connectivity index (χ1v) is 6.05. The van der Waals surface area contributed by atoms with Crippen LogP contribution in [0.1, 0.15) is 17.0 Å². The number of imidazole rings is 1. The summed E-state index contributed by atoms with van der Waals surface area (Å²) in [5.74, 6) is 0. The van der Waals surface area contributed by atoms with Gasteiger partial charge in [0, 0.05) is 16.9 Å². The fourth-order valence-electron chi connectivity index (χ4n) is 2.30. The Bertz CT molecular complexity index is 789. The first-order chi connectivity index (χ1) is 9.06. The molecule has 0 aliphatic rings. The fraction of sp³-hybridized carbons (Fsp3) is 0.231. The van der Waals surface area contributed by atoms with Gasteiger partial charge in [-0.25, -0.2) is 4.79 Å². The second-order valence-corrected chi connectivity index (χ2v) is 4.71. The molecule has 0 aliphatic carbocycles. The topological polar surface area (TPSA) is 92.5 Å². The van der Waals surface area contributed by atoms with E-state index in [2.05, 4.69) is 15.2 Å². The van der Waals surface area contributed by atoms with Gasteiger partial charge in [-0.2, -0.15) is 5.10 Å². The summed E-state index contributed by atoms with van der Waals surface area (Å²) >= 11 is 0. The molecule has 0 fully saturated rings. The van der Waals surface area contributed by atoms with Crippen LogP contribution in [0.25, 0.3) is 11.0 Å². The molecular weight excluding hydrogens is 242 g/mol. The third-order valence-corrected chi connectivity index (χ3v) is 3.40. The summed E-state index contributed by atoms with van der Waals surface area (Å²) in [7, 11) is 0. The highest BCUT2D eigenvalue weighted by Gasteiger charge is 2.12. The number of nitrogens with two attached hydrogens (primary N) is 1. The third kappa shape index (κ3) is 1.81. The van der Waals surface area contributed by atoms with Gasteiger partial charge in [0.15, 0.2) is 0 Å².